The second kappa shape index (κ2) is 7.22. The molecule has 3 nitrogen and oxygen atoms in total. The minimum Gasteiger partial charge on any atom is -0.497 e. The fourth-order valence-corrected chi connectivity index (χ4v) is 3.38. The molecule has 0 aliphatic heterocycles. The average Bonchev–Trinajstić information content (AvgIpc) is 3.05. The first kappa shape index (κ1) is 17.8. The molecular formula is C21H15Cl2FN2O. The van der Waals surface area contributed by atoms with Crippen LogP contribution in [0.15, 0.2) is 60.7 Å². The first-order valence-electron chi connectivity index (χ1n) is 8.30. The molecule has 0 saturated heterocycles. The summed E-state index contributed by atoms with van der Waals surface area (Å²) in [5.41, 5.74) is 3.36. The maximum Gasteiger partial charge on any atom is 0.141 e. The van der Waals surface area contributed by atoms with Gasteiger partial charge >= 0.3 is 0 Å². The number of fused-ring (bicyclic) bond motifs is 1. The topological polar surface area (TPSA) is 27.1 Å². The van der Waals surface area contributed by atoms with Crippen LogP contribution in [0.2, 0.25) is 10.0 Å². The number of hydrogen-bond donors (Lipinski definition) is 0. The van der Waals surface area contributed by atoms with Gasteiger partial charge in [0.15, 0.2) is 0 Å². The number of aromatic nitrogens is 2. The van der Waals surface area contributed by atoms with Crippen molar-refractivity contribution in [3.63, 3.8) is 0 Å². The Labute approximate surface area is 165 Å². The zero-order chi connectivity index (χ0) is 19.0. The van der Waals surface area contributed by atoms with Crippen molar-refractivity contribution >= 4 is 34.2 Å². The lowest BCUT2D eigenvalue weighted by molar-refractivity contribution is 0.414. The van der Waals surface area contributed by atoms with Crippen molar-refractivity contribution in [1.29, 1.82) is 0 Å². The normalized spacial score (nSPS) is 11.1. The lowest BCUT2D eigenvalue weighted by atomic mass is 10.2. The van der Waals surface area contributed by atoms with Gasteiger partial charge in [0.25, 0.3) is 0 Å². The molecule has 0 saturated carbocycles. The third-order valence-electron chi connectivity index (χ3n) is 4.41. The number of imidazole rings is 1. The number of nitrogens with zero attached hydrogens (tertiary/aromatic N) is 2. The van der Waals surface area contributed by atoms with Gasteiger partial charge in [-0.3, -0.25) is 0 Å². The Bertz CT molecular complexity index is 1110. The first-order chi connectivity index (χ1) is 13.1. The van der Waals surface area contributed by atoms with Crippen LogP contribution in [-0.2, 0) is 6.54 Å². The van der Waals surface area contributed by atoms with Gasteiger partial charge in [0.2, 0.25) is 0 Å². The molecule has 136 valence electrons. The number of halogens is 3. The van der Waals surface area contributed by atoms with Crippen molar-refractivity contribution in [2.75, 3.05) is 7.11 Å². The quantitative estimate of drug-likeness (QED) is 0.407. The Balaban J connectivity index is 1.88. The highest BCUT2D eigenvalue weighted by atomic mass is 35.5. The Hall–Kier alpha value is -2.56. The van der Waals surface area contributed by atoms with Crippen LogP contribution in [0.3, 0.4) is 0 Å². The highest BCUT2D eigenvalue weighted by Gasteiger charge is 2.17. The van der Waals surface area contributed by atoms with Gasteiger partial charge in [-0.2, -0.15) is 0 Å². The van der Waals surface area contributed by atoms with Gasteiger partial charge in [-0.25, -0.2) is 9.37 Å². The van der Waals surface area contributed by atoms with Gasteiger partial charge in [-0.15, -0.1) is 0 Å². The second-order valence-electron chi connectivity index (χ2n) is 6.11. The van der Waals surface area contributed by atoms with Gasteiger partial charge in [0.05, 0.1) is 22.7 Å². The Morgan fingerprint density at radius 3 is 2.33 bits per heavy atom. The van der Waals surface area contributed by atoms with E-state index in [-0.39, 0.29) is 5.82 Å². The minimum absolute atomic E-state index is 0.294. The highest BCUT2D eigenvalue weighted by Crippen LogP contribution is 2.34. The smallest absolute Gasteiger partial charge is 0.141 e. The zero-order valence-electron chi connectivity index (χ0n) is 14.4. The standard InChI is InChI=1S/C21H15Cl2FN2O/c1-27-16-8-2-13(3-9-16)12-26-18-11-10-17(22)19(23)20(18)25-21(26)14-4-6-15(24)7-5-14/h2-11H,12H2,1H3. The molecule has 4 aromatic rings. The molecule has 3 aromatic carbocycles. The van der Waals surface area contributed by atoms with E-state index in [9.17, 15) is 4.39 Å². The molecule has 0 aliphatic rings. The Morgan fingerprint density at radius 2 is 1.67 bits per heavy atom. The van der Waals surface area contributed by atoms with Crippen molar-refractivity contribution in [1.82, 2.24) is 9.55 Å². The van der Waals surface area contributed by atoms with Gasteiger partial charge < -0.3 is 9.30 Å². The van der Waals surface area contributed by atoms with Crippen LogP contribution in [0.4, 0.5) is 4.39 Å². The predicted octanol–water partition coefficient (Wildman–Crippen LogP) is 6.21. The summed E-state index contributed by atoms with van der Waals surface area (Å²) >= 11 is 12.5. The van der Waals surface area contributed by atoms with Crippen molar-refractivity contribution < 1.29 is 9.13 Å². The van der Waals surface area contributed by atoms with E-state index in [1.807, 2.05) is 34.9 Å². The van der Waals surface area contributed by atoms with Crippen LogP contribution >= 0.6 is 23.2 Å². The third-order valence-corrected chi connectivity index (χ3v) is 5.21. The summed E-state index contributed by atoms with van der Waals surface area (Å²) < 4.78 is 20.6. The van der Waals surface area contributed by atoms with Crippen LogP contribution in [0.1, 0.15) is 5.56 Å². The molecule has 1 aromatic heterocycles. The number of methoxy groups -OCH3 is 1. The molecule has 0 radical (unpaired) electrons. The molecule has 0 bridgehead atoms. The fourth-order valence-electron chi connectivity index (χ4n) is 3.03. The van der Waals surface area contributed by atoms with E-state index in [0.29, 0.717) is 27.9 Å². The molecule has 0 unspecified atom stereocenters. The van der Waals surface area contributed by atoms with E-state index in [1.165, 1.54) is 12.1 Å². The molecule has 0 spiro atoms. The fraction of sp³-hybridized carbons (Fsp3) is 0.0952. The summed E-state index contributed by atoms with van der Waals surface area (Å²) in [6.45, 7) is 0.575. The van der Waals surface area contributed by atoms with Crippen LogP contribution in [0.5, 0.6) is 5.75 Å². The second-order valence-corrected chi connectivity index (χ2v) is 6.89. The van der Waals surface area contributed by atoms with E-state index in [2.05, 4.69) is 0 Å². The first-order valence-corrected chi connectivity index (χ1v) is 9.05. The lowest BCUT2D eigenvalue weighted by Crippen LogP contribution is -2.02. The molecule has 27 heavy (non-hydrogen) atoms. The Kier molecular flexibility index (Phi) is 4.77. The summed E-state index contributed by atoms with van der Waals surface area (Å²) in [7, 11) is 1.64. The summed E-state index contributed by atoms with van der Waals surface area (Å²) in [6, 6.07) is 17.7. The van der Waals surface area contributed by atoms with Gasteiger partial charge in [0.1, 0.15) is 22.9 Å². The lowest BCUT2D eigenvalue weighted by Gasteiger charge is -2.10. The number of rotatable bonds is 4. The monoisotopic (exact) mass is 400 g/mol. The molecule has 1 heterocycles. The summed E-state index contributed by atoms with van der Waals surface area (Å²) in [4.78, 5) is 4.70. The molecule has 0 aliphatic carbocycles. The third kappa shape index (κ3) is 3.38. The van der Waals surface area contributed by atoms with E-state index in [0.717, 1.165) is 22.4 Å². The molecule has 0 N–H and O–H groups in total. The van der Waals surface area contributed by atoms with Gasteiger partial charge in [-0.05, 0) is 54.1 Å². The molecule has 0 amide bonds. The van der Waals surface area contributed by atoms with E-state index < -0.39 is 0 Å². The molecule has 6 heteroatoms. The molecule has 0 atom stereocenters. The molecular weight excluding hydrogens is 386 g/mol. The Morgan fingerprint density at radius 1 is 0.963 bits per heavy atom. The maximum atomic E-state index is 13.4. The van der Waals surface area contributed by atoms with E-state index in [4.69, 9.17) is 32.9 Å². The van der Waals surface area contributed by atoms with Gasteiger partial charge in [0, 0.05) is 12.1 Å². The van der Waals surface area contributed by atoms with Crippen molar-refractivity contribution in [3.8, 4) is 17.1 Å². The van der Waals surface area contributed by atoms with Gasteiger partial charge in [-0.1, -0.05) is 35.3 Å². The minimum atomic E-state index is -0.294. The van der Waals surface area contributed by atoms with Crippen LogP contribution in [0, 0.1) is 5.82 Å². The summed E-state index contributed by atoms with van der Waals surface area (Å²) in [6.07, 6.45) is 0. The summed E-state index contributed by atoms with van der Waals surface area (Å²) in [5.74, 6) is 1.20. The average molecular weight is 401 g/mol. The zero-order valence-corrected chi connectivity index (χ0v) is 15.9. The van der Waals surface area contributed by atoms with Crippen LogP contribution in [0.25, 0.3) is 22.4 Å². The van der Waals surface area contributed by atoms with E-state index in [1.54, 1.807) is 25.3 Å². The maximum absolute atomic E-state index is 13.4. The number of benzene rings is 3. The molecule has 0 fully saturated rings. The highest BCUT2D eigenvalue weighted by molar-refractivity contribution is 6.45. The van der Waals surface area contributed by atoms with E-state index >= 15 is 0 Å². The summed E-state index contributed by atoms with van der Waals surface area (Å²) in [5, 5.41) is 0.856. The number of hydrogen-bond acceptors (Lipinski definition) is 2. The van der Waals surface area contributed by atoms with Crippen molar-refractivity contribution in [3.05, 3.63) is 82.1 Å². The number of ether oxygens (including phenoxy) is 1. The molecule has 4 rings (SSSR count). The largest absolute Gasteiger partial charge is 0.497 e. The van der Waals surface area contributed by atoms with Crippen molar-refractivity contribution in [2.45, 2.75) is 6.54 Å². The van der Waals surface area contributed by atoms with Crippen molar-refractivity contribution in [2.24, 2.45) is 0 Å². The van der Waals surface area contributed by atoms with Crippen LogP contribution in [-0.4, -0.2) is 16.7 Å². The van der Waals surface area contributed by atoms with Crippen LogP contribution < -0.4 is 4.74 Å². The predicted molar refractivity (Wildman–Crippen MR) is 107 cm³/mol. The SMILES string of the molecule is COc1ccc(Cn2c(-c3ccc(F)cc3)nc3c(Cl)c(Cl)ccc32)cc1.